The van der Waals surface area contributed by atoms with Crippen LogP contribution in [0.3, 0.4) is 0 Å². The predicted molar refractivity (Wildman–Crippen MR) is 73.6 cm³/mol. The summed E-state index contributed by atoms with van der Waals surface area (Å²) in [7, 11) is 0. The molecule has 1 aromatic rings. The van der Waals surface area contributed by atoms with E-state index in [0.717, 1.165) is 24.3 Å². The molecule has 0 aromatic heterocycles. The van der Waals surface area contributed by atoms with Crippen molar-refractivity contribution in [2.75, 3.05) is 11.1 Å². The van der Waals surface area contributed by atoms with Gasteiger partial charge in [0.15, 0.2) is 11.0 Å². The molecule has 1 aliphatic heterocycles. The van der Waals surface area contributed by atoms with Gasteiger partial charge in [0.05, 0.1) is 16.2 Å². The molecule has 18 heavy (non-hydrogen) atoms. The Balaban J connectivity index is 2.24. The highest BCUT2D eigenvalue weighted by molar-refractivity contribution is 8.14. The maximum Gasteiger partial charge on any atom is 0.161 e. The number of halogens is 3. The van der Waals surface area contributed by atoms with Crippen molar-refractivity contribution in [2.45, 2.75) is 25.8 Å². The summed E-state index contributed by atoms with van der Waals surface area (Å²) in [5.41, 5.74) is -0.0552. The Labute approximate surface area is 114 Å². The van der Waals surface area contributed by atoms with E-state index in [4.69, 9.17) is 11.6 Å². The summed E-state index contributed by atoms with van der Waals surface area (Å²) in [5.74, 6) is -0.567. The molecule has 0 radical (unpaired) electrons. The summed E-state index contributed by atoms with van der Waals surface area (Å²) in [6.45, 7) is 4.09. The molecule has 6 heteroatoms. The third kappa shape index (κ3) is 2.78. The van der Waals surface area contributed by atoms with E-state index in [1.54, 1.807) is 0 Å². The minimum Gasteiger partial charge on any atom is -0.331 e. The number of hydrogen-bond donors (Lipinski definition) is 1. The lowest BCUT2D eigenvalue weighted by molar-refractivity contribution is 0.522. The van der Waals surface area contributed by atoms with Gasteiger partial charge in [-0.25, -0.2) is 8.78 Å². The highest BCUT2D eigenvalue weighted by atomic mass is 35.5. The van der Waals surface area contributed by atoms with Crippen LogP contribution in [-0.4, -0.2) is 16.5 Å². The number of benzene rings is 1. The standard InChI is InChI=1S/C12H13ClF2N2S/c1-3-12(2)6-18-11(17-12)16-10-8(13)4-7(14)5-9(10)15/h4-5H,3,6H2,1-2H3,(H,16,17). The van der Waals surface area contributed by atoms with Gasteiger partial charge in [-0.05, 0) is 19.4 Å². The molecule has 1 N–H and O–H groups in total. The molecule has 0 bridgehead atoms. The summed E-state index contributed by atoms with van der Waals surface area (Å²) in [5, 5.41) is 3.47. The number of anilines is 1. The van der Waals surface area contributed by atoms with Crippen LogP contribution in [-0.2, 0) is 0 Å². The number of aliphatic imine (C=N–C) groups is 1. The largest absolute Gasteiger partial charge is 0.331 e. The first kappa shape index (κ1) is 13.6. The number of nitrogens with one attached hydrogen (secondary N) is 1. The van der Waals surface area contributed by atoms with Crippen molar-refractivity contribution >= 4 is 34.2 Å². The van der Waals surface area contributed by atoms with Crippen molar-refractivity contribution < 1.29 is 8.78 Å². The second-order valence-electron chi connectivity index (χ2n) is 4.43. The van der Waals surface area contributed by atoms with Crippen LogP contribution in [0.2, 0.25) is 5.02 Å². The third-order valence-corrected chi connectivity index (χ3v) is 4.42. The number of hydrogen-bond acceptors (Lipinski definition) is 3. The van der Waals surface area contributed by atoms with Gasteiger partial charge in [-0.1, -0.05) is 30.3 Å². The van der Waals surface area contributed by atoms with E-state index in [1.807, 2.05) is 6.92 Å². The second kappa shape index (κ2) is 5.05. The molecule has 0 amide bonds. The summed E-state index contributed by atoms with van der Waals surface area (Å²) in [6.07, 6.45) is 0.908. The number of nitrogens with zero attached hydrogens (tertiary/aromatic N) is 1. The quantitative estimate of drug-likeness (QED) is 0.878. The molecule has 2 nitrogen and oxygen atoms in total. The first-order valence-electron chi connectivity index (χ1n) is 5.58. The van der Waals surface area contributed by atoms with Crippen LogP contribution in [0.5, 0.6) is 0 Å². The zero-order valence-corrected chi connectivity index (χ0v) is 11.6. The minimum atomic E-state index is -0.714. The van der Waals surface area contributed by atoms with E-state index in [0.29, 0.717) is 5.17 Å². The molecule has 0 fully saturated rings. The fourth-order valence-electron chi connectivity index (χ4n) is 1.55. The van der Waals surface area contributed by atoms with Gasteiger partial charge in [-0.15, -0.1) is 0 Å². The van der Waals surface area contributed by atoms with E-state index in [-0.39, 0.29) is 16.2 Å². The molecule has 1 aromatic carbocycles. The lowest BCUT2D eigenvalue weighted by Gasteiger charge is -2.15. The minimum absolute atomic E-state index is 0.0147. The van der Waals surface area contributed by atoms with Crippen molar-refractivity contribution in [1.82, 2.24) is 0 Å². The van der Waals surface area contributed by atoms with Crippen molar-refractivity contribution in [3.8, 4) is 0 Å². The average Bonchev–Trinajstić information content (AvgIpc) is 2.66. The number of thioether (sulfide) groups is 1. The molecule has 0 spiro atoms. The molecule has 1 atom stereocenters. The van der Waals surface area contributed by atoms with Crippen LogP contribution < -0.4 is 5.32 Å². The second-order valence-corrected chi connectivity index (χ2v) is 5.80. The summed E-state index contributed by atoms with van der Waals surface area (Å²) in [4.78, 5) is 4.49. The first-order chi connectivity index (χ1) is 8.43. The molecule has 0 saturated heterocycles. The Hall–Kier alpha value is -0.810. The molecular weight excluding hydrogens is 278 g/mol. The van der Waals surface area contributed by atoms with Crippen LogP contribution in [0.25, 0.3) is 0 Å². The molecule has 0 saturated carbocycles. The fraction of sp³-hybridized carbons (Fsp3) is 0.417. The lowest BCUT2D eigenvalue weighted by Crippen LogP contribution is -2.20. The van der Waals surface area contributed by atoms with Gasteiger partial charge in [0.2, 0.25) is 0 Å². The smallest absolute Gasteiger partial charge is 0.161 e. The SMILES string of the molecule is CCC1(C)CSC(Nc2c(F)cc(F)cc2Cl)=N1. The average molecular weight is 291 g/mol. The molecule has 0 aliphatic carbocycles. The molecular formula is C12H13ClF2N2S. The third-order valence-electron chi connectivity index (χ3n) is 2.89. The molecule has 1 unspecified atom stereocenters. The van der Waals surface area contributed by atoms with Crippen molar-refractivity contribution in [2.24, 2.45) is 4.99 Å². The monoisotopic (exact) mass is 290 g/mol. The van der Waals surface area contributed by atoms with Crippen LogP contribution in [0.4, 0.5) is 14.5 Å². The molecule has 1 heterocycles. The first-order valence-corrected chi connectivity index (χ1v) is 6.94. The van der Waals surface area contributed by atoms with Gasteiger partial charge in [0.1, 0.15) is 5.82 Å². The van der Waals surface area contributed by atoms with E-state index in [9.17, 15) is 8.78 Å². The van der Waals surface area contributed by atoms with Crippen LogP contribution in [0, 0.1) is 11.6 Å². The van der Waals surface area contributed by atoms with Gasteiger partial charge in [0.25, 0.3) is 0 Å². The Morgan fingerprint density at radius 1 is 1.50 bits per heavy atom. The van der Waals surface area contributed by atoms with Gasteiger partial charge in [0, 0.05) is 11.8 Å². The summed E-state index contributed by atoms with van der Waals surface area (Å²) in [6, 6.07) is 1.87. The highest BCUT2D eigenvalue weighted by Gasteiger charge is 2.29. The van der Waals surface area contributed by atoms with E-state index >= 15 is 0 Å². The molecule has 1 aliphatic rings. The predicted octanol–water partition coefficient (Wildman–Crippen LogP) is 4.30. The maximum atomic E-state index is 13.6. The topological polar surface area (TPSA) is 24.4 Å². The molecule has 98 valence electrons. The zero-order valence-electron chi connectivity index (χ0n) is 10.1. The Kier molecular flexibility index (Phi) is 3.82. The Bertz CT molecular complexity index is 484. The fourth-order valence-corrected chi connectivity index (χ4v) is 2.96. The van der Waals surface area contributed by atoms with Crippen LogP contribution in [0.15, 0.2) is 17.1 Å². The number of amidine groups is 1. The normalized spacial score (nSPS) is 23.1. The highest BCUT2D eigenvalue weighted by Crippen LogP contribution is 2.33. The van der Waals surface area contributed by atoms with Gasteiger partial charge in [-0.3, -0.25) is 4.99 Å². The van der Waals surface area contributed by atoms with Gasteiger partial charge < -0.3 is 5.32 Å². The van der Waals surface area contributed by atoms with Crippen LogP contribution >= 0.6 is 23.4 Å². The Morgan fingerprint density at radius 2 is 2.22 bits per heavy atom. The van der Waals surface area contributed by atoms with E-state index in [2.05, 4.69) is 17.2 Å². The van der Waals surface area contributed by atoms with Crippen molar-refractivity contribution in [3.05, 3.63) is 28.8 Å². The van der Waals surface area contributed by atoms with E-state index in [1.165, 1.54) is 11.8 Å². The zero-order chi connectivity index (χ0) is 13.3. The van der Waals surface area contributed by atoms with Crippen LogP contribution in [0.1, 0.15) is 20.3 Å². The Morgan fingerprint density at radius 3 is 2.78 bits per heavy atom. The summed E-state index contributed by atoms with van der Waals surface area (Å²) < 4.78 is 26.5. The lowest BCUT2D eigenvalue weighted by atomic mass is 10.0. The van der Waals surface area contributed by atoms with Crippen molar-refractivity contribution in [1.29, 1.82) is 0 Å². The molecule has 2 rings (SSSR count). The summed E-state index contributed by atoms with van der Waals surface area (Å²) >= 11 is 7.32. The van der Waals surface area contributed by atoms with Crippen molar-refractivity contribution in [3.63, 3.8) is 0 Å². The van der Waals surface area contributed by atoms with Gasteiger partial charge >= 0.3 is 0 Å². The van der Waals surface area contributed by atoms with Gasteiger partial charge in [-0.2, -0.15) is 0 Å². The number of rotatable bonds is 2. The van der Waals surface area contributed by atoms with E-state index < -0.39 is 11.6 Å². The maximum absolute atomic E-state index is 13.6.